The molecule has 0 aliphatic carbocycles. The number of primary amides is 1. The van der Waals surface area contributed by atoms with Gasteiger partial charge >= 0.3 is 0 Å². The fourth-order valence-corrected chi connectivity index (χ4v) is 3.18. The van der Waals surface area contributed by atoms with Crippen molar-refractivity contribution in [3.05, 3.63) is 24.3 Å². The van der Waals surface area contributed by atoms with E-state index in [-0.39, 0.29) is 10.6 Å². The number of thioether (sulfide) groups is 1. The van der Waals surface area contributed by atoms with Crippen LogP contribution in [0.25, 0.3) is 0 Å². The minimum Gasteiger partial charge on any atom is -0.369 e. The summed E-state index contributed by atoms with van der Waals surface area (Å²) in [5.74, 6) is -3.40. The number of hydrogen-bond acceptors (Lipinski definition) is 9. The summed E-state index contributed by atoms with van der Waals surface area (Å²) in [6.07, 6.45) is 0.620. The number of sulfone groups is 1. The number of carbonyl (C=O) groups excluding carboxylic acids is 2. The van der Waals surface area contributed by atoms with Gasteiger partial charge in [0, 0.05) is 5.69 Å². The Balaban J connectivity index is 3.24. The number of aliphatic imine (C=N–C) groups is 1. The number of nitrogens with two attached hydrogens (primary N) is 1. The molecule has 0 radical (unpaired) electrons. The van der Waals surface area contributed by atoms with Crippen LogP contribution < -0.4 is 16.5 Å². The van der Waals surface area contributed by atoms with Crippen molar-refractivity contribution in [3.63, 3.8) is 0 Å². The third-order valence-corrected chi connectivity index (χ3v) is 5.35. The van der Waals surface area contributed by atoms with Gasteiger partial charge in [-0.15, -0.1) is 11.8 Å². The second kappa shape index (κ2) is 9.87. The molecule has 0 spiro atoms. The van der Waals surface area contributed by atoms with Crippen molar-refractivity contribution >= 4 is 44.6 Å². The van der Waals surface area contributed by atoms with E-state index in [1.165, 1.54) is 42.4 Å². The molecule has 2 amide bonds. The maximum atomic E-state index is 12.0. The van der Waals surface area contributed by atoms with Crippen LogP contribution in [0.2, 0.25) is 0 Å². The van der Waals surface area contributed by atoms with Crippen LogP contribution in [0.3, 0.4) is 0 Å². The number of benzene rings is 1. The normalized spacial score (nSPS) is 13.8. The van der Waals surface area contributed by atoms with E-state index < -0.39 is 33.7 Å². The van der Waals surface area contributed by atoms with Crippen LogP contribution in [-0.4, -0.2) is 44.0 Å². The van der Waals surface area contributed by atoms with Crippen molar-refractivity contribution in [1.82, 2.24) is 5.43 Å². The molecular formula is C14H20N6O4S2. The fraction of sp³-hybridized carbons (Fsp3) is 0.357. The van der Waals surface area contributed by atoms with Gasteiger partial charge < -0.3 is 11.1 Å². The third-order valence-electron chi connectivity index (χ3n) is 3.29. The lowest BCUT2D eigenvalue weighted by molar-refractivity contribution is -0.134. The summed E-state index contributed by atoms with van der Waals surface area (Å²) in [5, 5.41) is 5.58. The van der Waals surface area contributed by atoms with Gasteiger partial charge in [0.2, 0.25) is 5.91 Å². The molecule has 1 rings (SSSR count). The third kappa shape index (κ3) is 5.81. The molecule has 0 saturated carbocycles. The van der Waals surface area contributed by atoms with Gasteiger partial charge in [0.25, 0.3) is 5.91 Å². The minimum absolute atomic E-state index is 0.0676. The first-order chi connectivity index (χ1) is 12.3. The minimum atomic E-state index is -3.43. The monoisotopic (exact) mass is 400 g/mol. The van der Waals surface area contributed by atoms with Crippen LogP contribution in [0.1, 0.15) is 6.92 Å². The van der Waals surface area contributed by atoms with Crippen LogP contribution in [0.15, 0.2) is 39.4 Å². The molecule has 0 aliphatic rings. The highest BCUT2D eigenvalue weighted by Crippen LogP contribution is 2.20. The molecule has 12 heteroatoms. The van der Waals surface area contributed by atoms with Gasteiger partial charge in [0.05, 0.1) is 16.2 Å². The molecule has 0 bridgehead atoms. The Morgan fingerprint density at radius 3 is 2.65 bits per heavy atom. The van der Waals surface area contributed by atoms with E-state index in [1.807, 2.05) is 5.43 Å². The Labute approximate surface area is 155 Å². The van der Waals surface area contributed by atoms with Crippen LogP contribution in [0.4, 0.5) is 5.69 Å². The molecule has 10 nitrogen and oxygen atoms in total. The lowest BCUT2D eigenvalue weighted by Crippen LogP contribution is -2.46. The predicted molar refractivity (Wildman–Crippen MR) is 99.6 cm³/mol. The molecule has 0 aliphatic heterocycles. The Kier molecular flexibility index (Phi) is 8.19. The van der Waals surface area contributed by atoms with Crippen LogP contribution >= 0.6 is 11.8 Å². The number of rotatable bonds is 10. The topological polar surface area (TPSA) is 167 Å². The van der Waals surface area contributed by atoms with Gasteiger partial charge in [0.15, 0.2) is 15.8 Å². The maximum Gasteiger partial charge on any atom is 0.258 e. The van der Waals surface area contributed by atoms with E-state index in [0.29, 0.717) is 5.69 Å². The molecule has 5 N–H and O–H groups in total. The zero-order chi connectivity index (χ0) is 19.7. The summed E-state index contributed by atoms with van der Waals surface area (Å²) >= 11 is 1.23. The van der Waals surface area contributed by atoms with E-state index in [9.17, 15) is 18.0 Å². The van der Waals surface area contributed by atoms with Gasteiger partial charge in [0.1, 0.15) is 6.17 Å². The van der Waals surface area contributed by atoms with Gasteiger partial charge in [-0.1, -0.05) is 18.2 Å². The zero-order valence-corrected chi connectivity index (χ0v) is 15.8. The molecule has 2 atom stereocenters. The smallest absolute Gasteiger partial charge is 0.258 e. The Morgan fingerprint density at radius 1 is 1.42 bits per heavy atom. The summed E-state index contributed by atoms with van der Waals surface area (Å²) in [5.41, 5.74) is 15.6. The molecular weight excluding hydrogens is 380 g/mol. The number of amides is 2. The quantitative estimate of drug-likeness (QED) is 0.149. The molecule has 0 heterocycles. The summed E-state index contributed by atoms with van der Waals surface area (Å²) in [6.45, 7) is 1.53. The summed E-state index contributed by atoms with van der Waals surface area (Å²) < 4.78 is 24.0. The molecule has 0 aromatic heterocycles. The summed E-state index contributed by atoms with van der Waals surface area (Å²) in [7, 11) is -3.43. The average Bonchev–Trinajstić information content (AvgIpc) is 2.59. The van der Waals surface area contributed by atoms with Crippen molar-refractivity contribution in [1.29, 1.82) is 5.53 Å². The van der Waals surface area contributed by atoms with E-state index in [2.05, 4.69) is 15.5 Å². The van der Waals surface area contributed by atoms with E-state index >= 15 is 0 Å². The van der Waals surface area contributed by atoms with Gasteiger partial charge in [-0.25, -0.2) is 13.8 Å². The van der Waals surface area contributed by atoms with Crippen molar-refractivity contribution in [3.8, 4) is 0 Å². The Hall–Kier alpha value is -2.47. The lowest BCUT2D eigenvalue weighted by Gasteiger charge is -2.22. The molecule has 0 saturated heterocycles. The highest BCUT2D eigenvalue weighted by molar-refractivity contribution is 8.11. The average molecular weight is 400 g/mol. The van der Waals surface area contributed by atoms with Crippen LogP contribution in [-0.2, 0) is 19.4 Å². The highest BCUT2D eigenvalue weighted by atomic mass is 32.2. The largest absolute Gasteiger partial charge is 0.369 e. The molecule has 2 unspecified atom stereocenters. The molecule has 26 heavy (non-hydrogen) atoms. The van der Waals surface area contributed by atoms with Crippen molar-refractivity contribution in [2.75, 3.05) is 17.3 Å². The number of nitrogens with one attached hydrogen (secondary N) is 3. The number of anilines is 1. The SMILES string of the molecule is CCS(=O)(=O)c1cccc(NC(N=CSC)C(C(N)=O)C(=O)NN=N)c1. The number of nitrogens with zero attached hydrogens (tertiary/aromatic N) is 2. The van der Waals surface area contributed by atoms with Crippen molar-refractivity contribution in [2.45, 2.75) is 18.0 Å². The molecule has 1 aromatic carbocycles. The van der Waals surface area contributed by atoms with E-state index in [0.717, 1.165) is 0 Å². The maximum absolute atomic E-state index is 12.0. The first-order valence-electron chi connectivity index (χ1n) is 7.36. The van der Waals surface area contributed by atoms with Gasteiger partial charge in [-0.2, -0.15) is 5.53 Å². The standard InChI is InChI=1S/C14H20N6O4S2/c1-3-26(23,24)10-6-4-5-9(7-10)18-13(17-8-25-2)11(12(15)21)14(22)19-20-16/h4-8,11,13,18H,3H2,1-2H3,(H2,15,21)(H2,16,19,22). The van der Waals surface area contributed by atoms with E-state index in [4.69, 9.17) is 11.3 Å². The van der Waals surface area contributed by atoms with Crippen LogP contribution in [0.5, 0.6) is 0 Å². The molecule has 0 fully saturated rings. The summed E-state index contributed by atoms with van der Waals surface area (Å²) in [6, 6.07) is 5.92. The van der Waals surface area contributed by atoms with Gasteiger partial charge in [-0.05, 0) is 24.5 Å². The molecule has 142 valence electrons. The van der Waals surface area contributed by atoms with Crippen molar-refractivity contribution < 1.29 is 18.0 Å². The Morgan fingerprint density at radius 2 is 2.12 bits per heavy atom. The zero-order valence-electron chi connectivity index (χ0n) is 14.2. The van der Waals surface area contributed by atoms with Gasteiger partial charge in [-0.3, -0.25) is 14.6 Å². The number of carbonyl (C=O) groups is 2. The fourth-order valence-electron chi connectivity index (χ4n) is 2.00. The highest BCUT2D eigenvalue weighted by Gasteiger charge is 2.33. The van der Waals surface area contributed by atoms with E-state index in [1.54, 1.807) is 12.3 Å². The lowest BCUT2D eigenvalue weighted by atomic mass is 10.0. The van der Waals surface area contributed by atoms with Crippen LogP contribution in [0, 0.1) is 11.4 Å². The predicted octanol–water partition coefficient (Wildman–Crippen LogP) is 0.773. The molecule has 1 aromatic rings. The van der Waals surface area contributed by atoms with Crippen molar-refractivity contribution in [2.24, 2.45) is 21.9 Å². The second-order valence-electron chi connectivity index (χ2n) is 4.98. The first kappa shape index (κ1) is 21.6. The summed E-state index contributed by atoms with van der Waals surface area (Å²) in [4.78, 5) is 27.9. The second-order valence-corrected chi connectivity index (χ2v) is 7.94. The number of hydrogen-bond donors (Lipinski definition) is 4. The first-order valence-corrected chi connectivity index (χ1v) is 10.3. The Bertz CT molecular complexity index is 796.